The minimum absolute atomic E-state index is 0.00667. The van der Waals surface area contributed by atoms with Gasteiger partial charge < -0.3 is 25.0 Å². The number of likely N-dealkylation sites (tertiary alicyclic amines) is 1. The number of nitrogens with one attached hydrogen (secondary N) is 3. The molecule has 4 fully saturated rings. The average Bonchev–Trinajstić information content (AvgIpc) is 4.07. The summed E-state index contributed by atoms with van der Waals surface area (Å²) in [6.45, 7) is 8.82. The lowest BCUT2D eigenvalue weighted by atomic mass is 9.79. The number of anilines is 2. The Bertz CT molecular complexity index is 2850. The standard InChI is InChI=1S/C47H47F3N8O5S/c1-28-4-13-40(45(60)53-28)58-23-32-19-29(5-10-35(32)46(58)61)3-2-16-55-25-47(26-55)15-18-56(27-47)34-8-6-30(7-9-34)31-20-36-37(22-52-44(36)51-21-31)43(59)41-38(49)11-12-39(42(41)50)54-64(62,63)57-17-14-33(48)24-57/h5-12,19-22,33,40,54H,1-4,13-18,23-27H2,(H,51,52)(H,53,60)/t33-,40?/m1/s1. The predicted octanol–water partition coefficient (Wildman–Crippen LogP) is 6.33. The molecule has 332 valence electrons. The third-order valence-electron chi connectivity index (χ3n) is 13.5. The van der Waals surface area contributed by atoms with Gasteiger partial charge >= 0.3 is 10.2 Å². The van der Waals surface area contributed by atoms with Crippen molar-refractivity contribution in [2.75, 3.05) is 55.4 Å². The number of nitrogens with zero attached hydrogens (tertiary/aromatic N) is 5. The third-order valence-corrected chi connectivity index (χ3v) is 15.0. The van der Waals surface area contributed by atoms with Gasteiger partial charge in [0, 0.05) is 97.1 Å². The minimum Gasteiger partial charge on any atom is -0.371 e. The number of fused-ring (bicyclic) bond motifs is 2. The molecule has 0 bridgehead atoms. The van der Waals surface area contributed by atoms with E-state index in [0.717, 1.165) is 85.2 Å². The van der Waals surface area contributed by atoms with Crippen molar-refractivity contribution in [1.82, 2.24) is 29.4 Å². The van der Waals surface area contributed by atoms with Crippen LogP contribution in [0.25, 0.3) is 22.2 Å². The molecular weight excluding hydrogens is 846 g/mol. The fourth-order valence-electron chi connectivity index (χ4n) is 10.1. The SMILES string of the molecule is C=C1CCC(N2Cc3cc(CCCN4CC5(CCN(c6ccc(-c7cnc8[nH]cc(C(=O)c9c(F)ccc(NS(=O)(=O)N%10CC[C@@H](F)C%10)c9F)c8c7)cc6)C5)C4)ccc3C2=O)C(=O)N1. The number of ketones is 1. The number of piperidine rings is 1. The molecule has 2 atom stereocenters. The summed E-state index contributed by atoms with van der Waals surface area (Å²) < 4.78 is 73.1. The number of carbonyl (C=O) groups excluding carboxylic acids is 3. The van der Waals surface area contributed by atoms with Gasteiger partial charge in [-0.05, 0) is 98.2 Å². The number of pyridine rings is 1. The molecule has 0 radical (unpaired) electrons. The molecule has 64 heavy (non-hydrogen) atoms. The van der Waals surface area contributed by atoms with Gasteiger partial charge in [-0.1, -0.05) is 30.8 Å². The first-order valence-electron chi connectivity index (χ1n) is 21.7. The Labute approximate surface area is 368 Å². The number of hydrogen-bond acceptors (Lipinski definition) is 8. The fourth-order valence-corrected chi connectivity index (χ4v) is 11.4. The van der Waals surface area contributed by atoms with Crippen LogP contribution in [0.2, 0.25) is 0 Å². The predicted molar refractivity (Wildman–Crippen MR) is 236 cm³/mol. The molecule has 5 aromatic rings. The zero-order valence-electron chi connectivity index (χ0n) is 35.0. The van der Waals surface area contributed by atoms with Gasteiger partial charge in [-0.15, -0.1) is 0 Å². The molecule has 17 heteroatoms. The Kier molecular flexibility index (Phi) is 10.6. The summed E-state index contributed by atoms with van der Waals surface area (Å²) >= 11 is 0. The van der Waals surface area contributed by atoms with Gasteiger partial charge in [0.1, 0.15) is 23.7 Å². The molecule has 10 rings (SSSR count). The maximum absolute atomic E-state index is 15.8. The molecule has 13 nitrogen and oxygen atoms in total. The molecule has 2 amide bonds. The number of aryl methyl sites for hydroxylation is 1. The maximum atomic E-state index is 15.8. The summed E-state index contributed by atoms with van der Waals surface area (Å²) in [6.07, 6.45) is 5.94. The van der Waals surface area contributed by atoms with Crippen molar-refractivity contribution < 1.29 is 36.0 Å². The largest absolute Gasteiger partial charge is 0.371 e. The van der Waals surface area contributed by atoms with E-state index < -0.39 is 51.1 Å². The molecule has 1 unspecified atom stereocenters. The van der Waals surface area contributed by atoms with E-state index in [9.17, 15) is 27.2 Å². The highest BCUT2D eigenvalue weighted by atomic mass is 32.2. The van der Waals surface area contributed by atoms with Crippen LogP contribution in [0, 0.1) is 17.0 Å². The quantitative estimate of drug-likeness (QED) is 0.123. The molecule has 3 N–H and O–H groups in total. The maximum Gasteiger partial charge on any atom is 0.301 e. The summed E-state index contributed by atoms with van der Waals surface area (Å²) in [4.78, 5) is 53.4. The number of hydrogen-bond donors (Lipinski definition) is 3. The molecule has 2 aromatic heterocycles. The Morgan fingerprint density at radius 3 is 2.56 bits per heavy atom. The number of aromatic nitrogens is 2. The van der Waals surface area contributed by atoms with Crippen LogP contribution in [0.1, 0.15) is 69.5 Å². The molecule has 0 aliphatic carbocycles. The number of carbonyl (C=O) groups is 3. The highest BCUT2D eigenvalue weighted by molar-refractivity contribution is 7.90. The first kappa shape index (κ1) is 41.9. The van der Waals surface area contributed by atoms with E-state index in [1.165, 1.54) is 11.8 Å². The lowest BCUT2D eigenvalue weighted by Gasteiger charge is -2.48. The Morgan fingerprint density at radius 2 is 1.80 bits per heavy atom. The van der Waals surface area contributed by atoms with E-state index in [1.807, 2.05) is 29.0 Å². The first-order valence-corrected chi connectivity index (χ1v) is 23.1. The van der Waals surface area contributed by atoms with E-state index in [-0.39, 0.29) is 42.3 Å². The summed E-state index contributed by atoms with van der Waals surface area (Å²) in [5.41, 5.74) is 5.19. The number of H-pyrrole nitrogens is 1. The van der Waals surface area contributed by atoms with Crippen molar-refractivity contribution in [1.29, 1.82) is 0 Å². The number of alkyl halides is 1. The zero-order chi connectivity index (χ0) is 44.5. The van der Waals surface area contributed by atoms with Crippen LogP contribution in [0.15, 0.2) is 85.3 Å². The van der Waals surface area contributed by atoms with Crippen LogP contribution in [0.3, 0.4) is 0 Å². The number of halogens is 3. The monoisotopic (exact) mass is 892 g/mol. The van der Waals surface area contributed by atoms with Crippen LogP contribution in [-0.2, 0) is 28.0 Å². The van der Waals surface area contributed by atoms with E-state index in [4.69, 9.17) is 0 Å². The van der Waals surface area contributed by atoms with Crippen molar-refractivity contribution >= 4 is 50.2 Å². The molecular formula is C47H47F3N8O5S. The average molecular weight is 893 g/mol. The number of amides is 2. The topological polar surface area (TPSA) is 151 Å². The van der Waals surface area contributed by atoms with Crippen LogP contribution in [0.4, 0.5) is 24.5 Å². The molecule has 5 aliphatic heterocycles. The highest BCUT2D eigenvalue weighted by Crippen LogP contribution is 2.42. The summed E-state index contributed by atoms with van der Waals surface area (Å²) in [5, 5.41) is 3.14. The lowest BCUT2D eigenvalue weighted by Crippen LogP contribution is -2.57. The number of allylic oxidation sites excluding steroid dienone is 1. The van der Waals surface area contributed by atoms with Crippen molar-refractivity contribution in [3.05, 3.63) is 125 Å². The van der Waals surface area contributed by atoms with E-state index >= 15 is 8.78 Å². The fraction of sp³-hybridized carbons (Fsp3) is 0.362. The summed E-state index contributed by atoms with van der Waals surface area (Å²) in [5.74, 6) is -3.77. The molecule has 7 heterocycles. The Balaban J connectivity index is 0.741. The second-order valence-corrected chi connectivity index (χ2v) is 19.6. The van der Waals surface area contributed by atoms with Crippen molar-refractivity contribution in [2.45, 2.75) is 57.3 Å². The van der Waals surface area contributed by atoms with Gasteiger partial charge in [0.05, 0.1) is 11.3 Å². The number of benzene rings is 3. The van der Waals surface area contributed by atoms with E-state index in [0.29, 0.717) is 47.2 Å². The third kappa shape index (κ3) is 7.72. The Morgan fingerprint density at radius 1 is 0.984 bits per heavy atom. The van der Waals surface area contributed by atoms with Gasteiger partial charge in [0.25, 0.3) is 5.91 Å². The number of rotatable bonds is 12. The normalized spacial score (nSPS) is 21.2. The van der Waals surface area contributed by atoms with Crippen molar-refractivity contribution in [3.8, 4) is 11.1 Å². The van der Waals surface area contributed by atoms with Crippen molar-refractivity contribution in [3.63, 3.8) is 0 Å². The highest BCUT2D eigenvalue weighted by Gasteiger charge is 2.47. The summed E-state index contributed by atoms with van der Waals surface area (Å²) in [7, 11) is -4.35. The molecule has 5 aliphatic rings. The second kappa shape index (κ2) is 16.2. The van der Waals surface area contributed by atoms with Gasteiger partial charge in [-0.25, -0.2) is 18.2 Å². The van der Waals surface area contributed by atoms with Crippen molar-refractivity contribution in [2.24, 2.45) is 5.41 Å². The van der Waals surface area contributed by atoms with E-state index in [2.05, 4.69) is 49.9 Å². The minimum atomic E-state index is -4.35. The van der Waals surface area contributed by atoms with Gasteiger partial charge in [0.15, 0.2) is 5.82 Å². The molecule has 4 saturated heterocycles. The van der Waals surface area contributed by atoms with Gasteiger partial charge in [0.2, 0.25) is 11.7 Å². The summed E-state index contributed by atoms with van der Waals surface area (Å²) in [6, 6.07) is 17.2. The number of aromatic amines is 1. The van der Waals surface area contributed by atoms with Crippen LogP contribution >= 0.6 is 0 Å². The first-order chi connectivity index (χ1) is 30.7. The van der Waals surface area contributed by atoms with Crippen LogP contribution in [0.5, 0.6) is 0 Å². The molecule has 0 saturated carbocycles. The van der Waals surface area contributed by atoms with Crippen LogP contribution in [-0.4, -0.2) is 108 Å². The van der Waals surface area contributed by atoms with Crippen LogP contribution < -0.4 is 14.9 Å². The Hall–Kier alpha value is -6.04. The lowest BCUT2D eigenvalue weighted by molar-refractivity contribution is -0.126. The van der Waals surface area contributed by atoms with E-state index in [1.54, 1.807) is 17.2 Å². The second-order valence-electron chi connectivity index (χ2n) is 17.9. The zero-order valence-corrected chi connectivity index (χ0v) is 35.8. The van der Waals surface area contributed by atoms with Gasteiger partial charge in [-0.3, -0.25) is 19.1 Å². The molecule has 3 aromatic carbocycles. The van der Waals surface area contributed by atoms with Gasteiger partial charge in [-0.2, -0.15) is 12.7 Å². The smallest absolute Gasteiger partial charge is 0.301 e. The molecule has 1 spiro atoms.